The molecule has 2 heterocycles. The van der Waals surface area contributed by atoms with Crippen LogP contribution in [0.15, 0.2) is 30.5 Å². The molecule has 2 aromatic rings. The highest BCUT2D eigenvalue weighted by atomic mass is 35.5. The molecule has 7 heteroatoms. The summed E-state index contributed by atoms with van der Waals surface area (Å²) in [4.78, 5) is 15.8. The van der Waals surface area contributed by atoms with Crippen LogP contribution in [0.5, 0.6) is 0 Å². The van der Waals surface area contributed by atoms with E-state index in [-0.39, 0.29) is 0 Å². The molecule has 1 saturated heterocycles. The zero-order valence-electron chi connectivity index (χ0n) is 15.5. The summed E-state index contributed by atoms with van der Waals surface area (Å²) in [5.41, 5.74) is 1.19. The fourth-order valence-corrected chi connectivity index (χ4v) is 3.63. The highest BCUT2D eigenvalue weighted by Crippen LogP contribution is 2.25. The Hall–Kier alpha value is -1.56. The Bertz CT molecular complexity index is 752. The fourth-order valence-electron chi connectivity index (χ4n) is 3.31. The summed E-state index contributed by atoms with van der Waals surface area (Å²) in [6.07, 6.45) is 4.12. The largest absolute Gasteiger partial charge is 0.363 e. The van der Waals surface area contributed by atoms with Crippen LogP contribution in [0, 0.1) is 0 Å². The van der Waals surface area contributed by atoms with Crippen LogP contribution in [0.3, 0.4) is 0 Å². The van der Waals surface area contributed by atoms with Crippen LogP contribution in [-0.2, 0) is 6.54 Å². The van der Waals surface area contributed by atoms with Gasteiger partial charge in [-0.3, -0.25) is 4.90 Å². The molecule has 0 bridgehead atoms. The van der Waals surface area contributed by atoms with Gasteiger partial charge in [0.2, 0.25) is 5.95 Å². The smallest absolute Gasteiger partial charge is 0.227 e. The van der Waals surface area contributed by atoms with Gasteiger partial charge >= 0.3 is 0 Å². The summed E-state index contributed by atoms with van der Waals surface area (Å²) < 4.78 is 0. The summed E-state index contributed by atoms with van der Waals surface area (Å²) in [5, 5.41) is 1.22. The third-order valence-electron chi connectivity index (χ3n) is 4.82. The van der Waals surface area contributed by atoms with Crippen LogP contribution < -0.4 is 9.80 Å². The molecule has 140 valence electrons. The van der Waals surface area contributed by atoms with Crippen molar-refractivity contribution in [1.82, 2.24) is 14.9 Å². The van der Waals surface area contributed by atoms with Crippen molar-refractivity contribution in [3.63, 3.8) is 0 Å². The Morgan fingerprint density at radius 1 is 1.15 bits per heavy atom. The van der Waals surface area contributed by atoms with Gasteiger partial charge in [0.25, 0.3) is 0 Å². The Morgan fingerprint density at radius 2 is 1.96 bits per heavy atom. The van der Waals surface area contributed by atoms with Crippen molar-refractivity contribution in [3.05, 3.63) is 46.1 Å². The molecule has 1 fully saturated rings. The van der Waals surface area contributed by atoms with Crippen molar-refractivity contribution in [3.8, 4) is 0 Å². The van der Waals surface area contributed by atoms with Crippen LogP contribution in [0.25, 0.3) is 0 Å². The molecule has 0 N–H and O–H groups in total. The second kappa shape index (κ2) is 8.42. The average molecular weight is 394 g/mol. The number of aromatic nitrogens is 2. The van der Waals surface area contributed by atoms with Gasteiger partial charge < -0.3 is 9.80 Å². The molecule has 1 atom stereocenters. The Balaban J connectivity index is 1.67. The molecule has 1 aliphatic rings. The van der Waals surface area contributed by atoms with Gasteiger partial charge in [-0.1, -0.05) is 29.3 Å². The number of hydrogen-bond acceptors (Lipinski definition) is 5. The van der Waals surface area contributed by atoms with Gasteiger partial charge in [-0.15, -0.1) is 0 Å². The van der Waals surface area contributed by atoms with E-state index in [9.17, 15) is 0 Å². The van der Waals surface area contributed by atoms with E-state index in [4.69, 9.17) is 23.2 Å². The minimum Gasteiger partial charge on any atom is -0.363 e. The minimum absolute atomic E-state index is 0.393. The number of anilines is 2. The summed E-state index contributed by atoms with van der Waals surface area (Å²) >= 11 is 12.2. The van der Waals surface area contributed by atoms with Crippen LogP contribution in [-0.4, -0.2) is 55.1 Å². The van der Waals surface area contributed by atoms with Gasteiger partial charge in [-0.05, 0) is 43.1 Å². The summed E-state index contributed by atoms with van der Waals surface area (Å²) in [5.74, 6) is 1.70. The number of likely N-dealkylation sites (tertiary alicyclic amines) is 1. The lowest BCUT2D eigenvalue weighted by Gasteiger charge is -2.37. The first-order chi connectivity index (χ1) is 12.4. The molecule has 26 heavy (non-hydrogen) atoms. The predicted octanol–water partition coefficient (Wildman–Crippen LogP) is 3.95. The quantitative estimate of drug-likeness (QED) is 0.768. The second-order valence-electron chi connectivity index (χ2n) is 7.00. The third kappa shape index (κ3) is 4.58. The first-order valence-corrected chi connectivity index (χ1v) is 9.59. The van der Waals surface area contributed by atoms with E-state index in [0.717, 1.165) is 44.2 Å². The lowest BCUT2D eigenvalue weighted by atomic mass is 10.0. The fraction of sp³-hybridized carbons (Fsp3) is 0.474. The zero-order valence-corrected chi connectivity index (χ0v) is 17.0. The molecule has 5 nitrogen and oxygen atoms in total. The van der Waals surface area contributed by atoms with Gasteiger partial charge in [0, 0.05) is 46.5 Å². The summed E-state index contributed by atoms with van der Waals surface area (Å²) in [6.45, 7) is 2.94. The maximum Gasteiger partial charge on any atom is 0.227 e. The predicted molar refractivity (Wildman–Crippen MR) is 110 cm³/mol. The molecular weight excluding hydrogens is 369 g/mol. The molecule has 1 aromatic heterocycles. The molecule has 1 unspecified atom stereocenters. The minimum atomic E-state index is 0.393. The number of piperidine rings is 1. The van der Waals surface area contributed by atoms with Crippen molar-refractivity contribution in [2.24, 2.45) is 0 Å². The van der Waals surface area contributed by atoms with E-state index in [2.05, 4.69) is 26.8 Å². The highest BCUT2D eigenvalue weighted by Gasteiger charge is 2.25. The first kappa shape index (κ1) is 19.2. The van der Waals surface area contributed by atoms with Crippen LogP contribution >= 0.6 is 23.2 Å². The molecule has 3 rings (SSSR count). The van der Waals surface area contributed by atoms with E-state index >= 15 is 0 Å². The summed E-state index contributed by atoms with van der Waals surface area (Å²) in [7, 11) is 6.07. The normalized spacial score (nSPS) is 18.0. The Kier molecular flexibility index (Phi) is 6.22. The molecule has 1 aliphatic heterocycles. The van der Waals surface area contributed by atoms with Gasteiger partial charge in [0.05, 0.1) is 10.0 Å². The number of nitrogens with zero attached hydrogens (tertiary/aromatic N) is 5. The van der Waals surface area contributed by atoms with E-state index in [1.165, 1.54) is 5.56 Å². The van der Waals surface area contributed by atoms with Crippen molar-refractivity contribution in [2.45, 2.75) is 25.4 Å². The van der Waals surface area contributed by atoms with Gasteiger partial charge in [0.15, 0.2) is 0 Å². The number of likely N-dealkylation sites (N-methyl/N-ethyl adjacent to an activating group) is 1. The van der Waals surface area contributed by atoms with E-state index in [1.54, 1.807) is 0 Å². The lowest BCUT2D eigenvalue weighted by Crippen LogP contribution is -2.46. The average Bonchev–Trinajstić information content (AvgIpc) is 2.64. The maximum absolute atomic E-state index is 6.15. The van der Waals surface area contributed by atoms with Gasteiger partial charge in [0.1, 0.15) is 5.82 Å². The third-order valence-corrected chi connectivity index (χ3v) is 5.56. The van der Waals surface area contributed by atoms with Crippen molar-refractivity contribution in [1.29, 1.82) is 0 Å². The van der Waals surface area contributed by atoms with Crippen molar-refractivity contribution in [2.75, 3.05) is 44.0 Å². The van der Waals surface area contributed by atoms with Crippen molar-refractivity contribution < 1.29 is 0 Å². The summed E-state index contributed by atoms with van der Waals surface area (Å²) in [6, 6.07) is 8.19. The van der Waals surface area contributed by atoms with Crippen LogP contribution in [0.2, 0.25) is 10.0 Å². The number of benzene rings is 1. The topological polar surface area (TPSA) is 35.5 Å². The monoisotopic (exact) mass is 393 g/mol. The molecule has 0 saturated carbocycles. The number of hydrogen-bond donors (Lipinski definition) is 0. The molecule has 0 radical (unpaired) electrons. The SMILES string of the molecule is CN(C)c1ccnc(N(C)C2CCCN(Cc3ccc(Cl)c(Cl)c3)C2)n1. The second-order valence-corrected chi connectivity index (χ2v) is 7.81. The van der Waals surface area contributed by atoms with Crippen molar-refractivity contribution >= 4 is 35.0 Å². The lowest BCUT2D eigenvalue weighted by molar-refractivity contribution is 0.198. The Morgan fingerprint density at radius 3 is 2.69 bits per heavy atom. The van der Waals surface area contributed by atoms with E-state index in [1.807, 2.05) is 49.5 Å². The van der Waals surface area contributed by atoms with Crippen LogP contribution in [0.1, 0.15) is 18.4 Å². The molecule has 0 aliphatic carbocycles. The van der Waals surface area contributed by atoms with E-state index < -0.39 is 0 Å². The van der Waals surface area contributed by atoms with Gasteiger partial charge in [-0.25, -0.2) is 4.98 Å². The van der Waals surface area contributed by atoms with Gasteiger partial charge in [-0.2, -0.15) is 4.98 Å². The molecular formula is C19H25Cl2N5. The number of halogens is 2. The zero-order chi connectivity index (χ0) is 18.7. The van der Waals surface area contributed by atoms with E-state index in [0.29, 0.717) is 16.1 Å². The number of rotatable bonds is 5. The molecule has 0 amide bonds. The Labute approximate surface area is 165 Å². The van der Waals surface area contributed by atoms with Crippen LogP contribution in [0.4, 0.5) is 11.8 Å². The standard InChI is InChI=1S/C19H25Cl2N5/c1-24(2)18-8-9-22-19(23-18)25(3)15-5-4-10-26(13-15)12-14-6-7-16(20)17(21)11-14/h6-9,11,15H,4-5,10,12-13H2,1-3H3. The maximum atomic E-state index is 6.15. The molecule has 1 aromatic carbocycles. The molecule has 0 spiro atoms. The first-order valence-electron chi connectivity index (χ1n) is 8.83. The highest BCUT2D eigenvalue weighted by molar-refractivity contribution is 6.42.